The lowest BCUT2D eigenvalue weighted by molar-refractivity contribution is 0.0954. The van der Waals surface area contributed by atoms with E-state index in [9.17, 15) is 4.79 Å². The third kappa shape index (κ3) is 2.37. The highest BCUT2D eigenvalue weighted by Crippen LogP contribution is 2.40. The number of nitrogens with zero attached hydrogens (tertiary/aromatic N) is 1. The van der Waals surface area contributed by atoms with Gasteiger partial charge in [0.25, 0.3) is 5.91 Å². The number of hydrogen-bond donors (Lipinski definition) is 1. The summed E-state index contributed by atoms with van der Waals surface area (Å²) < 4.78 is 0. The molecule has 1 heterocycles. The van der Waals surface area contributed by atoms with Crippen LogP contribution in [0, 0.1) is 11.8 Å². The van der Waals surface area contributed by atoms with Crippen LogP contribution in [-0.2, 0) is 0 Å². The fourth-order valence-electron chi connectivity index (χ4n) is 2.63. The third-order valence-electron chi connectivity index (χ3n) is 3.91. The second-order valence-corrected chi connectivity index (χ2v) is 6.52. The fraction of sp³-hybridized carbons (Fsp3) is 0.467. The zero-order valence-electron chi connectivity index (χ0n) is 11.2. The summed E-state index contributed by atoms with van der Waals surface area (Å²) in [5.41, 5.74) is 4.56. The third-order valence-corrected chi connectivity index (χ3v) is 5.15. The van der Waals surface area contributed by atoms with Gasteiger partial charge in [-0.1, -0.05) is 26.0 Å². The van der Waals surface area contributed by atoms with E-state index in [1.54, 1.807) is 11.3 Å². The molecule has 1 amide bonds. The van der Waals surface area contributed by atoms with Crippen molar-refractivity contribution in [3.8, 4) is 0 Å². The first kappa shape index (κ1) is 12.6. The van der Waals surface area contributed by atoms with Crippen LogP contribution in [0.5, 0.6) is 0 Å². The molecule has 3 nitrogen and oxygen atoms in total. The number of hydrogen-bond acceptors (Lipinski definition) is 3. The first-order valence-electron chi connectivity index (χ1n) is 6.77. The standard InChI is InChI=1S/C15H18N2OS/c1-9(2)14-7-11(8-19-14)15(18)17-16-13-6-10-4-3-5-12(10)13/h3-4,7-10,12H,5-6H2,1-2H3,(H,17,18)/b16-13-/t10-,12-/m0/s1. The Morgan fingerprint density at radius 1 is 1.53 bits per heavy atom. The van der Waals surface area contributed by atoms with Crippen molar-refractivity contribution in [2.75, 3.05) is 0 Å². The van der Waals surface area contributed by atoms with Crippen LogP contribution in [0.4, 0.5) is 0 Å². The fourth-order valence-corrected chi connectivity index (χ4v) is 3.53. The molecule has 2 aliphatic carbocycles. The molecule has 19 heavy (non-hydrogen) atoms. The van der Waals surface area contributed by atoms with E-state index in [-0.39, 0.29) is 5.91 Å². The molecule has 4 heteroatoms. The van der Waals surface area contributed by atoms with Gasteiger partial charge < -0.3 is 0 Å². The number of fused-ring (bicyclic) bond motifs is 1. The summed E-state index contributed by atoms with van der Waals surface area (Å²) in [6.07, 6.45) is 6.56. The van der Waals surface area contributed by atoms with Crippen LogP contribution in [0.3, 0.4) is 0 Å². The zero-order valence-corrected chi connectivity index (χ0v) is 12.0. The molecule has 1 aromatic heterocycles. The highest BCUT2D eigenvalue weighted by molar-refractivity contribution is 7.10. The minimum Gasteiger partial charge on any atom is -0.267 e. The summed E-state index contributed by atoms with van der Waals surface area (Å²) in [5.74, 6) is 1.60. The minimum atomic E-state index is -0.0925. The maximum absolute atomic E-state index is 12.0. The van der Waals surface area contributed by atoms with Gasteiger partial charge in [-0.25, -0.2) is 5.43 Å². The molecule has 0 saturated heterocycles. The molecule has 0 unspecified atom stereocenters. The smallest absolute Gasteiger partial charge is 0.267 e. The number of thiophene rings is 1. The van der Waals surface area contributed by atoms with Crippen molar-refractivity contribution in [1.82, 2.24) is 5.43 Å². The quantitative estimate of drug-likeness (QED) is 0.664. The number of amides is 1. The van der Waals surface area contributed by atoms with Crippen LogP contribution < -0.4 is 5.43 Å². The second-order valence-electron chi connectivity index (χ2n) is 5.57. The van der Waals surface area contributed by atoms with Crippen molar-refractivity contribution in [2.45, 2.75) is 32.6 Å². The number of nitrogens with one attached hydrogen (secondary N) is 1. The summed E-state index contributed by atoms with van der Waals surface area (Å²) in [4.78, 5) is 13.2. The van der Waals surface area contributed by atoms with Crippen molar-refractivity contribution in [2.24, 2.45) is 16.9 Å². The van der Waals surface area contributed by atoms with Gasteiger partial charge in [0.1, 0.15) is 0 Å². The van der Waals surface area contributed by atoms with Gasteiger partial charge in [-0.3, -0.25) is 4.79 Å². The molecule has 1 aromatic rings. The van der Waals surface area contributed by atoms with E-state index in [2.05, 4.69) is 36.5 Å². The number of allylic oxidation sites excluding steroid dienone is 2. The van der Waals surface area contributed by atoms with Crippen LogP contribution in [0.2, 0.25) is 0 Å². The number of carbonyl (C=O) groups is 1. The van der Waals surface area contributed by atoms with Crippen LogP contribution in [0.15, 0.2) is 28.7 Å². The molecule has 0 bridgehead atoms. The van der Waals surface area contributed by atoms with Gasteiger partial charge in [0.05, 0.1) is 5.56 Å². The largest absolute Gasteiger partial charge is 0.272 e. The predicted molar refractivity (Wildman–Crippen MR) is 78.7 cm³/mol. The summed E-state index contributed by atoms with van der Waals surface area (Å²) in [6, 6.07) is 1.96. The van der Waals surface area contributed by atoms with E-state index in [1.807, 2.05) is 11.4 Å². The van der Waals surface area contributed by atoms with Gasteiger partial charge in [-0.2, -0.15) is 5.10 Å². The number of carbonyl (C=O) groups excluding carboxylic acids is 1. The normalized spacial score (nSPS) is 26.6. The Morgan fingerprint density at radius 2 is 2.37 bits per heavy atom. The van der Waals surface area contributed by atoms with E-state index >= 15 is 0 Å². The SMILES string of the molecule is CC(C)c1cc(C(=O)N/N=C2/C[C@@H]3C=CC[C@H]23)cs1. The lowest BCUT2D eigenvalue weighted by Gasteiger charge is -2.31. The van der Waals surface area contributed by atoms with E-state index in [0.717, 1.165) is 24.1 Å². The Labute approximate surface area is 117 Å². The summed E-state index contributed by atoms with van der Waals surface area (Å²) >= 11 is 1.64. The molecule has 0 aromatic carbocycles. The Balaban J connectivity index is 1.61. The highest BCUT2D eigenvalue weighted by atomic mass is 32.1. The van der Waals surface area contributed by atoms with Crippen molar-refractivity contribution in [3.05, 3.63) is 34.0 Å². The van der Waals surface area contributed by atoms with E-state index in [0.29, 0.717) is 17.8 Å². The Hall–Kier alpha value is -1.42. The minimum absolute atomic E-state index is 0.0925. The maximum Gasteiger partial charge on any atom is 0.272 e. The maximum atomic E-state index is 12.0. The molecule has 100 valence electrons. The van der Waals surface area contributed by atoms with Crippen LogP contribution >= 0.6 is 11.3 Å². The summed E-state index contributed by atoms with van der Waals surface area (Å²) in [5, 5.41) is 6.19. The van der Waals surface area contributed by atoms with Crippen LogP contribution in [0.1, 0.15) is 47.8 Å². The molecular formula is C15H18N2OS. The number of rotatable bonds is 3. The first-order chi connectivity index (χ1) is 9.15. The molecule has 0 aliphatic heterocycles. The Bertz CT molecular complexity index is 556. The molecule has 0 spiro atoms. The molecule has 1 N–H and O–H groups in total. The Morgan fingerprint density at radius 3 is 3.05 bits per heavy atom. The van der Waals surface area contributed by atoms with Crippen molar-refractivity contribution in [3.63, 3.8) is 0 Å². The van der Waals surface area contributed by atoms with E-state index in [4.69, 9.17) is 0 Å². The lowest BCUT2D eigenvalue weighted by Crippen LogP contribution is -2.35. The van der Waals surface area contributed by atoms with Crippen molar-refractivity contribution < 1.29 is 4.79 Å². The van der Waals surface area contributed by atoms with E-state index < -0.39 is 0 Å². The van der Waals surface area contributed by atoms with Crippen molar-refractivity contribution >= 4 is 23.0 Å². The van der Waals surface area contributed by atoms with Gasteiger partial charge in [-0.15, -0.1) is 11.3 Å². The molecule has 3 rings (SSSR count). The Kier molecular flexibility index (Phi) is 3.27. The summed E-state index contributed by atoms with van der Waals surface area (Å²) in [7, 11) is 0. The topological polar surface area (TPSA) is 41.5 Å². The lowest BCUT2D eigenvalue weighted by atomic mass is 9.74. The van der Waals surface area contributed by atoms with Crippen LogP contribution in [-0.4, -0.2) is 11.6 Å². The van der Waals surface area contributed by atoms with Crippen molar-refractivity contribution in [1.29, 1.82) is 0 Å². The predicted octanol–water partition coefficient (Wildman–Crippen LogP) is 3.55. The van der Waals surface area contributed by atoms with Gasteiger partial charge in [0, 0.05) is 21.9 Å². The summed E-state index contributed by atoms with van der Waals surface area (Å²) in [6.45, 7) is 4.27. The van der Waals surface area contributed by atoms with Gasteiger partial charge in [-0.05, 0) is 30.7 Å². The number of hydrazone groups is 1. The van der Waals surface area contributed by atoms with Gasteiger partial charge in [0.2, 0.25) is 0 Å². The second kappa shape index (κ2) is 4.93. The van der Waals surface area contributed by atoms with E-state index in [1.165, 1.54) is 4.88 Å². The van der Waals surface area contributed by atoms with Gasteiger partial charge >= 0.3 is 0 Å². The molecule has 2 aliphatic rings. The average Bonchev–Trinajstić information content (AvgIpc) is 2.96. The average molecular weight is 274 g/mol. The van der Waals surface area contributed by atoms with Crippen LogP contribution in [0.25, 0.3) is 0 Å². The molecule has 0 radical (unpaired) electrons. The zero-order chi connectivity index (χ0) is 13.4. The molecule has 2 atom stereocenters. The first-order valence-corrected chi connectivity index (χ1v) is 7.65. The molecule has 1 saturated carbocycles. The van der Waals surface area contributed by atoms with Gasteiger partial charge in [0.15, 0.2) is 0 Å². The molecule has 1 fully saturated rings. The molecular weight excluding hydrogens is 256 g/mol. The monoisotopic (exact) mass is 274 g/mol. The highest BCUT2D eigenvalue weighted by Gasteiger charge is 2.38.